The van der Waals surface area contributed by atoms with Gasteiger partial charge in [-0.05, 0) is 72.2 Å². The van der Waals surface area contributed by atoms with Crippen molar-refractivity contribution in [1.82, 2.24) is 0 Å². The standard InChI is InChI=1S/C25H27FO2S/c1-16-11-22(15-27)28-24(12-16)19-4-3-17(2)20(13-19)14-23-9-10-25(29-23)18-5-7-21(26)8-6-18/h3-10,13,16,22,24,27H,11-12,14-15H2,1-2H3/t16-,22-,24+/m0/s1. The molecule has 0 amide bonds. The van der Waals surface area contributed by atoms with E-state index in [9.17, 15) is 9.50 Å². The Balaban J connectivity index is 1.53. The molecule has 0 radical (unpaired) electrons. The molecule has 1 aliphatic heterocycles. The van der Waals surface area contributed by atoms with Crippen molar-refractivity contribution in [2.24, 2.45) is 5.92 Å². The normalized spacial score (nSPS) is 22.0. The van der Waals surface area contributed by atoms with Crippen molar-refractivity contribution >= 4 is 11.3 Å². The van der Waals surface area contributed by atoms with E-state index in [1.807, 2.05) is 12.1 Å². The molecule has 0 bridgehead atoms. The molecule has 0 unspecified atom stereocenters. The van der Waals surface area contributed by atoms with Crippen LogP contribution >= 0.6 is 11.3 Å². The van der Waals surface area contributed by atoms with E-state index in [0.29, 0.717) is 5.92 Å². The molecule has 2 heterocycles. The average Bonchev–Trinajstić information content (AvgIpc) is 3.18. The van der Waals surface area contributed by atoms with Gasteiger partial charge in [-0.25, -0.2) is 4.39 Å². The molecule has 1 aliphatic rings. The van der Waals surface area contributed by atoms with Crippen LogP contribution in [0.2, 0.25) is 0 Å². The monoisotopic (exact) mass is 410 g/mol. The number of rotatable bonds is 5. The lowest BCUT2D eigenvalue weighted by molar-refractivity contribution is -0.0900. The highest BCUT2D eigenvalue weighted by molar-refractivity contribution is 7.15. The molecule has 1 fully saturated rings. The van der Waals surface area contributed by atoms with E-state index in [1.54, 1.807) is 11.3 Å². The fraction of sp³-hybridized carbons (Fsp3) is 0.360. The number of hydrogen-bond donors (Lipinski definition) is 1. The number of aliphatic hydroxyl groups is 1. The molecule has 1 saturated heterocycles. The molecule has 1 aromatic heterocycles. The molecule has 4 heteroatoms. The Kier molecular flexibility index (Phi) is 6.14. The van der Waals surface area contributed by atoms with Gasteiger partial charge in [0.05, 0.1) is 18.8 Å². The van der Waals surface area contributed by atoms with E-state index in [4.69, 9.17) is 4.74 Å². The Morgan fingerprint density at radius 2 is 1.86 bits per heavy atom. The Labute approximate surface area is 176 Å². The number of hydrogen-bond acceptors (Lipinski definition) is 3. The molecule has 1 N–H and O–H groups in total. The fourth-order valence-electron chi connectivity index (χ4n) is 4.10. The lowest BCUT2D eigenvalue weighted by Crippen LogP contribution is -2.29. The predicted molar refractivity (Wildman–Crippen MR) is 117 cm³/mol. The Morgan fingerprint density at radius 3 is 2.62 bits per heavy atom. The van der Waals surface area contributed by atoms with Crippen LogP contribution in [-0.2, 0) is 11.2 Å². The lowest BCUT2D eigenvalue weighted by Gasteiger charge is -2.33. The number of aryl methyl sites for hydroxylation is 1. The van der Waals surface area contributed by atoms with Crippen molar-refractivity contribution in [3.8, 4) is 10.4 Å². The summed E-state index contributed by atoms with van der Waals surface area (Å²) < 4.78 is 19.3. The van der Waals surface area contributed by atoms with E-state index in [1.165, 1.54) is 33.7 Å². The Morgan fingerprint density at radius 1 is 1.07 bits per heavy atom. The van der Waals surface area contributed by atoms with Crippen LogP contribution in [0.5, 0.6) is 0 Å². The summed E-state index contributed by atoms with van der Waals surface area (Å²) in [6.07, 6.45) is 2.77. The van der Waals surface area contributed by atoms with Gasteiger partial charge in [-0.2, -0.15) is 0 Å². The van der Waals surface area contributed by atoms with Crippen LogP contribution in [0, 0.1) is 18.7 Å². The van der Waals surface area contributed by atoms with Gasteiger partial charge < -0.3 is 9.84 Å². The summed E-state index contributed by atoms with van der Waals surface area (Å²) in [4.78, 5) is 2.44. The maximum atomic E-state index is 13.2. The number of thiophene rings is 1. The van der Waals surface area contributed by atoms with Gasteiger partial charge in [0.15, 0.2) is 0 Å². The van der Waals surface area contributed by atoms with Gasteiger partial charge >= 0.3 is 0 Å². The van der Waals surface area contributed by atoms with Crippen molar-refractivity contribution in [2.45, 2.75) is 45.3 Å². The first-order chi connectivity index (χ1) is 14.0. The van der Waals surface area contributed by atoms with E-state index in [-0.39, 0.29) is 24.6 Å². The van der Waals surface area contributed by atoms with E-state index < -0.39 is 0 Å². The molecule has 2 aromatic carbocycles. The number of aliphatic hydroxyl groups excluding tert-OH is 1. The molecule has 0 spiro atoms. The van der Waals surface area contributed by atoms with Gasteiger partial charge in [-0.3, -0.25) is 0 Å². The molecule has 2 nitrogen and oxygen atoms in total. The van der Waals surface area contributed by atoms with Crippen LogP contribution in [0.25, 0.3) is 10.4 Å². The summed E-state index contributed by atoms with van der Waals surface area (Å²) in [6.45, 7) is 4.46. The first-order valence-corrected chi connectivity index (χ1v) is 11.0. The highest BCUT2D eigenvalue weighted by Crippen LogP contribution is 2.36. The molecule has 29 heavy (non-hydrogen) atoms. The quantitative estimate of drug-likeness (QED) is 0.535. The maximum absolute atomic E-state index is 13.2. The van der Waals surface area contributed by atoms with Gasteiger partial charge in [0, 0.05) is 16.2 Å². The van der Waals surface area contributed by atoms with Crippen molar-refractivity contribution in [3.05, 3.63) is 82.0 Å². The Hall–Kier alpha value is -2.01. The summed E-state index contributed by atoms with van der Waals surface area (Å²) in [6, 6.07) is 17.6. The zero-order valence-corrected chi connectivity index (χ0v) is 17.7. The molecule has 0 aliphatic carbocycles. The molecule has 3 aromatic rings. The predicted octanol–water partition coefficient (Wildman–Crippen LogP) is 6.30. The van der Waals surface area contributed by atoms with Crippen molar-refractivity contribution in [3.63, 3.8) is 0 Å². The molecular weight excluding hydrogens is 383 g/mol. The minimum Gasteiger partial charge on any atom is -0.394 e. The highest BCUT2D eigenvalue weighted by Gasteiger charge is 2.28. The largest absolute Gasteiger partial charge is 0.394 e. The topological polar surface area (TPSA) is 29.5 Å². The van der Waals surface area contributed by atoms with Gasteiger partial charge in [-0.1, -0.05) is 37.3 Å². The molecular formula is C25H27FO2S. The number of halogens is 1. The summed E-state index contributed by atoms with van der Waals surface area (Å²) in [5.74, 6) is 0.340. The number of benzene rings is 2. The summed E-state index contributed by atoms with van der Waals surface area (Å²) in [5.41, 5.74) is 4.82. The highest BCUT2D eigenvalue weighted by atomic mass is 32.1. The molecule has 3 atom stereocenters. The minimum atomic E-state index is -0.208. The van der Waals surface area contributed by atoms with Gasteiger partial charge in [-0.15, -0.1) is 11.3 Å². The van der Waals surface area contributed by atoms with Crippen LogP contribution in [0.3, 0.4) is 0 Å². The second kappa shape index (κ2) is 8.78. The smallest absolute Gasteiger partial charge is 0.123 e. The summed E-state index contributed by atoms with van der Waals surface area (Å²) in [7, 11) is 0. The number of ether oxygens (including phenoxy) is 1. The van der Waals surface area contributed by atoms with Crippen LogP contribution in [0.1, 0.15) is 47.4 Å². The van der Waals surface area contributed by atoms with E-state index >= 15 is 0 Å². The van der Waals surface area contributed by atoms with Gasteiger partial charge in [0.1, 0.15) is 5.82 Å². The van der Waals surface area contributed by atoms with Crippen molar-refractivity contribution in [2.75, 3.05) is 6.61 Å². The zero-order valence-electron chi connectivity index (χ0n) is 16.9. The molecule has 0 saturated carbocycles. The summed E-state index contributed by atoms with van der Waals surface area (Å²) in [5, 5.41) is 9.53. The molecule has 4 rings (SSSR count). The Bertz CT molecular complexity index is 963. The first-order valence-electron chi connectivity index (χ1n) is 10.2. The second-order valence-corrected chi connectivity index (χ2v) is 9.31. The van der Waals surface area contributed by atoms with Crippen LogP contribution in [-0.4, -0.2) is 17.8 Å². The fourth-order valence-corrected chi connectivity index (χ4v) is 5.13. The second-order valence-electron chi connectivity index (χ2n) is 8.14. The van der Waals surface area contributed by atoms with Crippen LogP contribution in [0.4, 0.5) is 4.39 Å². The first kappa shape index (κ1) is 20.3. The minimum absolute atomic E-state index is 0.0494. The summed E-state index contributed by atoms with van der Waals surface area (Å²) >= 11 is 1.75. The third-order valence-electron chi connectivity index (χ3n) is 5.74. The van der Waals surface area contributed by atoms with Gasteiger partial charge in [0.2, 0.25) is 0 Å². The third-order valence-corrected chi connectivity index (χ3v) is 6.88. The van der Waals surface area contributed by atoms with Crippen LogP contribution < -0.4 is 0 Å². The van der Waals surface area contributed by atoms with E-state index in [2.05, 4.69) is 44.2 Å². The van der Waals surface area contributed by atoms with Crippen molar-refractivity contribution in [1.29, 1.82) is 0 Å². The zero-order chi connectivity index (χ0) is 20.4. The average molecular weight is 411 g/mol. The van der Waals surface area contributed by atoms with Gasteiger partial charge in [0.25, 0.3) is 0 Å². The molecule has 152 valence electrons. The SMILES string of the molecule is Cc1ccc([C@H]2C[C@@H](C)C[C@@H](CO)O2)cc1Cc1ccc(-c2ccc(F)cc2)s1. The maximum Gasteiger partial charge on any atom is 0.123 e. The van der Waals surface area contributed by atoms with E-state index in [0.717, 1.165) is 29.7 Å². The van der Waals surface area contributed by atoms with Crippen molar-refractivity contribution < 1.29 is 14.2 Å². The lowest BCUT2D eigenvalue weighted by atomic mass is 9.89. The van der Waals surface area contributed by atoms with Crippen LogP contribution in [0.15, 0.2) is 54.6 Å². The third kappa shape index (κ3) is 4.77.